The van der Waals surface area contributed by atoms with Crippen molar-refractivity contribution in [1.29, 1.82) is 0 Å². The normalized spacial score (nSPS) is 19.1. The maximum atomic E-state index is 6.15. The average molecular weight is 299 g/mol. The van der Waals surface area contributed by atoms with E-state index in [9.17, 15) is 0 Å². The Labute approximate surface area is 127 Å². The predicted octanol–water partition coefficient (Wildman–Crippen LogP) is 5.13. The van der Waals surface area contributed by atoms with Crippen LogP contribution in [-0.2, 0) is 11.3 Å². The highest BCUT2D eigenvalue weighted by molar-refractivity contribution is 7.80. The standard InChI is InChI=1S/C16H23ClOS/c17-15-8-4-3-7-14(15)11-18-12-16(13-19)9-5-1-2-6-10-16/h3-4,7-8,19H,1-2,5-6,9-13H2. The fraction of sp³-hybridized carbons (Fsp3) is 0.625. The van der Waals surface area contributed by atoms with Gasteiger partial charge in [-0.2, -0.15) is 12.6 Å². The zero-order chi connectivity index (χ0) is 13.6. The Hall–Kier alpha value is -0.180. The number of hydrogen-bond donors (Lipinski definition) is 1. The summed E-state index contributed by atoms with van der Waals surface area (Å²) in [6, 6.07) is 7.90. The summed E-state index contributed by atoms with van der Waals surface area (Å²) >= 11 is 10.7. The van der Waals surface area contributed by atoms with Gasteiger partial charge in [0.05, 0.1) is 13.2 Å². The highest BCUT2D eigenvalue weighted by Gasteiger charge is 2.29. The van der Waals surface area contributed by atoms with Crippen LogP contribution in [0.15, 0.2) is 24.3 Å². The summed E-state index contributed by atoms with van der Waals surface area (Å²) in [4.78, 5) is 0. The van der Waals surface area contributed by atoms with Crippen LogP contribution in [0.2, 0.25) is 5.02 Å². The number of benzene rings is 1. The van der Waals surface area contributed by atoms with E-state index >= 15 is 0 Å². The Morgan fingerprint density at radius 1 is 1.11 bits per heavy atom. The van der Waals surface area contributed by atoms with Gasteiger partial charge in [-0.05, 0) is 30.2 Å². The van der Waals surface area contributed by atoms with Gasteiger partial charge in [0.15, 0.2) is 0 Å². The van der Waals surface area contributed by atoms with Crippen LogP contribution in [0.3, 0.4) is 0 Å². The summed E-state index contributed by atoms with van der Waals surface area (Å²) in [5.41, 5.74) is 1.35. The van der Waals surface area contributed by atoms with E-state index in [2.05, 4.69) is 12.6 Å². The van der Waals surface area contributed by atoms with Crippen molar-refractivity contribution in [3.63, 3.8) is 0 Å². The van der Waals surface area contributed by atoms with Crippen LogP contribution in [0.25, 0.3) is 0 Å². The molecule has 0 N–H and O–H groups in total. The second-order valence-electron chi connectivity index (χ2n) is 5.66. The van der Waals surface area contributed by atoms with Gasteiger partial charge in [-0.3, -0.25) is 0 Å². The quantitative estimate of drug-likeness (QED) is 0.586. The van der Waals surface area contributed by atoms with Crippen molar-refractivity contribution in [1.82, 2.24) is 0 Å². The number of ether oxygens (including phenoxy) is 1. The van der Waals surface area contributed by atoms with E-state index in [1.54, 1.807) is 0 Å². The van der Waals surface area contributed by atoms with Gasteiger partial charge >= 0.3 is 0 Å². The zero-order valence-electron chi connectivity index (χ0n) is 11.4. The zero-order valence-corrected chi connectivity index (χ0v) is 13.1. The van der Waals surface area contributed by atoms with E-state index in [0.717, 1.165) is 22.9 Å². The second-order valence-corrected chi connectivity index (χ2v) is 6.38. The lowest BCUT2D eigenvalue weighted by atomic mass is 9.83. The molecule has 0 aliphatic heterocycles. The maximum absolute atomic E-state index is 6.15. The van der Waals surface area contributed by atoms with Gasteiger partial charge in [-0.1, -0.05) is 55.5 Å². The third-order valence-electron chi connectivity index (χ3n) is 4.12. The molecule has 0 spiro atoms. The van der Waals surface area contributed by atoms with Crippen LogP contribution in [0.1, 0.15) is 44.1 Å². The first-order chi connectivity index (χ1) is 9.26. The molecular formula is C16H23ClOS. The largest absolute Gasteiger partial charge is 0.376 e. The van der Waals surface area contributed by atoms with Gasteiger partial charge in [0, 0.05) is 10.4 Å². The molecule has 106 valence electrons. The van der Waals surface area contributed by atoms with E-state index in [0.29, 0.717) is 6.61 Å². The molecule has 3 heteroatoms. The highest BCUT2D eigenvalue weighted by Crippen LogP contribution is 2.36. The van der Waals surface area contributed by atoms with Crippen LogP contribution in [-0.4, -0.2) is 12.4 Å². The van der Waals surface area contributed by atoms with Crippen molar-refractivity contribution in [3.05, 3.63) is 34.9 Å². The molecule has 0 bridgehead atoms. The molecule has 1 nitrogen and oxygen atoms in total. The average Bonchev–Trinajstić information content (AvgIpc) is 2.67. The van der Waals surface area contributed by atoms with E-state index in [-0.39, 0.29) is 5.41 Å². The summed E-state index contributed by atoms with van der Waals surface area (Å²) in [5, 5.41) is 0.795. The van der Waals surface area contributed by atoms with Crippen molar-refractivity contribution in [2.24, 2.45) is 5.41 Å². The van der Waals surface area contributed by atoms with Crippen molar-refractivity contribution in [3.8, 4) is 0 Å². The van der Waals surface area contributed by atoms with Gasteiger partial charge in [-0.15, -0.1) is 0 Å². The summed E-state index contributed by atoms with van der Waals surface area (Å²) < 4.78 is 5.96. The van der Waals surface area contributed by atoms with Crippen molar-refractivity contribution in [2.45, 2.75) is 45.1 Å². The molecule has 1 aliphatic rings. The molecule has 0 atom stereocenters. The first-order valence-electron chi connectivity index (χ1n) is 7.18. The maximum Gasteiger partial charge on any atom is 0.0731 e. The fourth-order valence-electron chi connectivity index (χ4n) is 2.82. The van der Waals surface area contributed by atoms with E-state index < -0.39 is 0 Å². The van der Waals surface area contributed by atoms with Gasteiger partial charge in [0.2, 0.25) is 0 Å². The third-order valence-corrected chi connectivity index (χ3v) is 5.16. The second kappa shape index (κ2) is 7.56. The molecule has 1 saturated carbocycles. The Morgan fingerprint density at radius 2 is 1.79 bits per heavy atom. The number of thiol groups is 1. The van der Waals surface area contributed by atoms with E-state index in [1.165, 1.54) is 38.5 Å². The molecule has 0 radical (unpaired) electrons. The minimum absolute atomic E-state index is 0.279. The van der Waals surface area contributed by atoms with Crippen LogP contribution in [0.4, 0.5) is 0 Å². The number of halogens is 1. The molecule has 0 amide bonds. The van der Waals surface area contributed by atoms with E-state index in [4.69, 9.17) is 16.3 Å². The van der Waals surface area contributed by atoms with Crippen molar-refractivity contribution >= 4 is 24.2 Å². The Morgan fingerprint density at radius 3 is 2.42 bits per heavy atom. The molecule has 1 aromatic carbocycles. The lowest BCUT2D eigenvalue weighted by Gasteiger charge is -2.30. The first-order valence-corrected chi connectivity index (χ1v) is 8.19. The molecule has 1 fully saturated rings. The van der Waals surface area contributed by atoms with Crippen LogP contribution < -0.4 is 0 Å². The van der Waals surface area contributed by atoms with Crippen LogP contribution >= 0.6 is 24.2 Å². The number of hydrogen-bond acceptors (Lipinski definition) is 2. The molecular weight excluding hydrogens is 276 g/mol. The lowest BCUT2D eigenvalue weighted by Crippen LogP contribution is -2.28. The molecule has 0 aromatic heterocycles. The van der Waals surface area contributed by atoms with Gasteiger partial charge in [-0.25, -0.2) is 0 Å². The first kappa shape index (κ1) is 15.2. The smallest absolute Gasteiger partial charge is 0.0731 e. The number of rotatable bonds is 5. The summed E-state index contributed by atoms with van der Waals surface area (Å²) in [6.07, 6.45) is 7.85. The Bertz CT molecular complexity index is 386. The lowest BCUT2D eigenvalue weighted by molar-refractivity contribution is 0.0370. The summed E-state index contributed by atoms with van der Waals surface area (Å²) in [5.74, 6) is 0.926. The SMILES string of the molecule is SCC1(COCc2ccccc2Cl)CCCCCC1. The third kappa shape index (κ3) is 4.40. The van der Waals surface area contributed by atoms with Crippen LogP contribution in [0, 0.1) is 5.41 Å². The fourth-order valence-corrected chi connectivity index (χ4v) is 3.42. The summed E-state index contributed by atoms with van der Waals surface area (Å²) in [7, 11) is 0. The van der Waals surface area contributed by atoms with Crippen molar-refractivity contribution < 1.29 is 4.74 Å². The topological polar surface area (TPSA) is 9.23 Å². The van der Waals surface area contributed by atoms with Gasteiger partial charge in [0.1, 0.15) is 0 Å². The van der Waals surface area contributed by atoms with Crippen LogP contribution in [0.5, 0.6) is 0 Å². The van der Waals surface area contributed by atoms with Gasteiger partial charge in [0.25, 0.3) is 0 Å². The molecule has 1 aromatic rings. The Kier molecular flexibility index (Phi) is 6.06. The monoisotopic (exact) mass is 298 g/mol. The molecule has 2 rings (SSSR count). The minimum atomic E-state index is 0.279. The van der Waals surface area contributed by atoms with E-state index in [1.807, 2.05) is 24.3 Å². The summed E-state index contributed by atoms with van der Waals surface area (Å²) in [6.45, 7) is 1.41. The van der Waals surface area contributed by atoms with Gasteiger partial charge < -0.3 is 4.74 Å². The molecule has 19 heavy (non-hydrogen) atoms. The molecule has 0 heterocycles. The molecule has 0 saturated heterocycles. The Balaban J connectivity index is 1.87. The van der Waals surface area contributed by atoms with Crippen molar-refractivity contribution in [2.75, 3.05) is 12.4 Å². The highest BCUT2D eigenvalue weighted by atomic mass is 35.5. The molecule has 0 unspecified atom stereocenters. The minimum Gasteiger partial charge on any atom is -0.376 e. The molecule has 1 aliphatic carbocycles. The predicted molar refractivity (Wildman–Crippen MR) is 85.1 cm³/mol.